The van der Waals surface area contributed by atoms with E-state index in [1.54, 1.807) is 40.1 Å². The van der Waals surface area contributed by atoms with Crippen LogP contribution in [-0.4, -0.2) is 65.6 Å². The van der Waals surface area contributed by atoms with E-state index in [1.807, 2.05) is 13.8 Å². The van der Waals surface area contributed by atoms with Crippen LogP contribution in [0, 0.1) is 0 Å². The largest absolute Gasteiger partial charge is 0.508 e. The summed E-state index contributed by atoms with van der Waals surface area (Å²) in [7, 11) is 0. The third-order valence-electron chi connectivity index (χ3n) is 5.64. The monoisotopic (exact) mass is 438 g/mol. The van der Waals surface area contributed by atoms with Gasteiger partial charge in [-0.25, -0.2) is 0 Å². The van der Waals surface area contributed by atoms with Crippen molar-refractivity contribution in [2.45, 2.75) is 25.9 Å². The minimum Gasteiger partial charge on any atom is -0.508 e. The zero-order valence-electron chi connectivity index (χ0n) is 18.0. The van der Waals surface area contributed by atoms with Crippen LogP contribution < -0.4 is 10.3 Å². The number of aldehydes is 1. The SMILES string of the molecule is CC(C)c1cc(C2=NNC(C=O)N2c2ccc(C(=O)N3CCOCC3)cc2)c(O)cc1O. The molecule has 0 aliphatic carbocycles. The van der Waals surface area contributed by atoms with E-state index in [9.17, 15) is 19.8 Å². The van der Waals surface area contributed by atoms with Crippen LogP contribution in [0.5, 0.6) is 11.5 Å². The maximum absolute atomic E-state index is 12.7. The lowest BCUT2D eigenvalue weighted by Gasteiger charge is -2.27. The van der Waals surface area contributed by atoms with E-state index in [0.29, 0.717) is 60.8 Å². The van der Waals surface area contributed by atoms with Crippen molar-refractivity contribution in [3.63, 3.8) is 0 Å². The number of anilines is 1. The van der Waals surface area contributed by atoms with E-state index in [4.69, 9.17) is 4.74 Å². The summed E-state index contributed by atoms with van der Waals surface area (Å²) in [4.78, 5) is 27.8. The first kappa shape index (κ1) is 21.6. The van der Waals surface area contributed by atoms with Crippen LogP contribution >= 0.6 is 0 Å². The Morgan fingerprint density at radius 3 is 2.47 bits per heavy atom. The summed E-state index contributed by atoms with van der Waals surface area (Å²) < 4.78 is 5.30. The summed E-state index contributed by atoms with van der Waals surface area (Å²) in [5, 5.41) is 24.9. The molecule has 1 amide bonds. The Morgan fingerprint density at radius 2 is 1.84 bits per heavy atom. The third-order valence-corrected chi connectivity index (χ3v) is 5.64. The van der Waals surface area contributed by atoms with Crippen molar-refractivity contribution in [3.05, 3.63) is 53.1 Å². The third kappa shape index (κ3) is 3.99. The van der Waals surface area contributed by atoms with E-state index in [-0.39, 0.29) is 23.3 Å². The van der Waals surface area contributed by atoms with Crippen molar-refractivity contribution in [3.8, 4) is 11.5 Å². The number of ether oxygens (including phenoxy) is 1. The molecule has 0 bridgehead atoms. The number of carbonyl (C=O) groups excluding carboxylic acids is 2. The molecule has 1 fully saturated rings. The average molecular weight is 438 g/mol. The summed E-state index contributed by atoms with van der Waals surface area (Å²) in [5.41, 5.74) is 4.97. The predicted molar refractivity (Wildman–Crippen MR) is 119 cm³/mol. The summed E-state index contributed by atoms with van der Waals surface area (Å²) in [5.74, 6) is 0.136. The van der Waals surface area contributed by atoms with Crippen molar-refractivity contribution in [1.29, 1.82) is 0 Å². The van der Waals surface area contributed by atoms with Gasteiger partial charge in [-0.2, -0.15) is 5.10 Å². The van der Waals surface area contributed by atoms with E-state index in [2.05, 4.69) is 10.5 Å². The highest BCUT2D eigenvalue weighted by molar-refractivity contribution is 6.14. The topological polar surface area (TPSA) is 115 Å². The summed E-state index contributed by atoms with van der Waals surface area (Å²) in [6, 6.07) is 9.86. The number of amidine groups is 1. The van der Waals surface area contributed by atoms with Gasteiger partial charge in [0.1, 0.15) is 11.5 Å². The number of benzene rings is 2. The van der Waals surface area contributed by atoms with Crippen LogP contribution in [-0.2, 0) is 9.53 Å². The number of rotatable bonds is 5. The van der Waals surface area contributed by atoms with Crippen LogP contribution in [0.15, 0.2) is 41.5 Å². The molecular formula is C23H26N4O5. The maximum atomic E-state index is 12.7. The van der Waals surface area contributed by atoms with Crippen molar-refractivity contribution in [2.24, 2.45) is 5.10 Å². The fourth-order valence-electron chi connectivity index (χ4n) is 3.88. The summed E-state index contributed by atoms with van der Waals surface area (Å²) in [6.07, 6.45) is -0.0640. The summed E-state index contributed by atoms with van der Waals surface area (Å²) in [6.45, 7) is 6.02. The van der Waals surface area contributed by atoms with Crippen LogP contribution in [0.1, 0.15) is 41.3 Å². The van der Waals surface area contributed by atoms with E-state index in [1.165, 1.54) is 6.07 Å². The van der Waals surface area contributed by atoms with Crippen molar-refractivity contribution >= 4 is 23.7 Å². The smallest absolute Gasteiger partial charge is 0.254 e. The fourth-order valence-corrected chi connectivity index (χ4v) is 3.88. The van der Waals surface area contributed by atoms with E-state index in [0.717, 1.165) is 0 Å². The quantitative estimate of drug-likeness (QED) is 0.612. The second kappa shape index (κ2) is 8.88. The molecule has 32 heavy (non-hydrogen) atoms. The molecule has 2 heterocycles. The van der Waals surface area contributed by atoms with Gasteiger partial charge in [-0.05, 0) is 41.8 Å². The molecule has 168 valence electrons. The Bertz CT molecular complexity index is 1050. The molecule has 9 heteroatoms. The molecule has 1 unspecified atom stereocenters. The number of hydrogen-bond donors (Lipinski definition) is 3. The molecule has 0 spiro atoms. The molecular weight excluding hydrogens is 412 g/mol. The fraction of sp³-hybridized carbons (Fsp3) is 0.348. The normalized spacial score (nSPS) is 18.5. The molecule has 4 rings (SSSR count). The van der Waals surface area contributed by atoms with Gasteiger partial charge < -0.3 is 19.8 Å². The number of nitrogens with zero attached hydrogens (tertiary/aromatic N) is 3. The minimum atomic E-state index is -0.776. The molecule has 1 saturated heterocycles. The maximum Gasteiger partial charge on any atom is 0.254 e. The molecule has 2 aromatic carbocycles. The van der Waals surface area contributed by atoms with Crippen LogP contribution in [0.3, 0.4) is 0 Å². The van der Waals surface area contributed by atoms with Crippen molar-refractivity contribution in [2.75, 3.05) is 31.2 Å². The van der Waals surface area contributed by atoms with E-state index >= 15 is 0 Å². The zero-order valence-corrected chi connectivity index (χ0v) is 18.0. The summed E-state index contributed by atoms with van der Waals surface area (Å²) >= 11 is 0. The molecule has 3 N–H and O–H groups in total. The molecule has 2 aromatic rings. The Labute approximate surface area is 185 Å². The number of morpholine rings is 1. The molecule has 1 atom stereocenters. The predicted octanol–water partition coefficient (Wildman–Crippen LogP) is 1.99. The van der Waals surface area contributed by atoms with Crippen LogP contribution in [0.25, 0.3) is 0 Å². The first-order chi connectivity index (χ1) is 15.4. The van der Waals surface area contributed by atoms with Gasteiger partial charge in [-0.1, -0.05) is 13.8 Å². The molecule has 2 aliphatic heterocycles. The van der Waals surface area contributed by atoms with Gasteiger partial charge in [-0.3, -0.25) is 19.9 Å². The van der Waals surface area contributed by atoms with Gasteiger partial charge in [0, 0.05) is 30.4 Å². The number of carbonyl (C=O) groups is 2. The number of hydrogen-bond acceptors (Lipinski definition) is 8. The first-order valence-electron chi connectivity index (χ1n) is 10.5. The van der Waals surface area contributed by atoms with Gasteiger partial charge in [0.15, 0.2) is 18.3 Å². The van der Waals surface area contributed by atoms with Crippen molar-refractivity contribution < 1.29 is 24.5 Å². The number of phenols is 2. The Balaban J connectivity index is 1.65. The number of hydrazone groups is 1. The molecule has 2 aliphatic rings. The zero-order chi connectivity index (χ0) is 22.8. The van der Waals surface area contributed by atoms with Gasteiger partial charge in [0.25, 0.3) is 5.91 Å². The number of aromatic hydroxyl groups is 2. The van der Waals surface area contributed by atoms with Crippen LogP contribution in [0.2, 0.25) is 0 Å². The Kier molecular flexibility index (Phi) is 6.00. The highest BCUT2D eigenvalue weighted by Gasteiger charge is 2.32. The van der Waals surface area contributed by atoms with Gasteiger partial charge in [0.05, 0.1) is 18.8 Å². The number of amides is 1. The van der Waals surface area contributed by atoms with Crippen LogP contribution in [0.4, 0.5) is 5.69 Å². The molecule has 0 radical (unpaired) electrons. The van der Waals surface area contributed by atoms with Crippen molar-refractivity contribution in [1.82, 2.24) is 10.3 Å². The Hall–Kier alpha value is -3.59. The standard InChI is InChI=1S/C23H26N4O5/c1-14(2)17-11-18(20(30)12-19(17)29)22-25-24-21(13-28)27(22)16-5-3-15(4-6-16)23(31)26-7-9-32-10-8-26/h3-6,11-14,21,24,29-30H,7-10H2,1-2H3. The Morgan fingerprint density at radius 1 is 1.16 bits per heavy atom. The van der Waals surface area contributed by atoms with Gasteiger partial charge in [-0.15, -0.1) is 0 Å². The second-order valence-corrected chi connectivity index (χ2v) is 8.05. The minimum absolute atomic E-state index is 0.00253. The molecule has 9 nitrogen and oxygen atoms in total. The highest BCUT2D eigenvalue weighted by Crippen LogP contribution is 2.35. The lowest BCUT2D eigenvalue weighted by atomic mass is 9.98. The number of phenolic OH excluding ortho intramolecular Hbond substituents is 2. The average Bonchev–Trinajstić information content (AvgIpc) is 3.23. The van der Waals surface area contributed by atoms with E-state index < -0.39 is 6.17 Å². The van der Waals surface area contributed by atoms with Gasteiger partial charge >= 0.3 is 0 Å². The molecule has 0 aromatic heterocycles. The lowest BCUT2D eigenvalue weighted by molar-refractivity contribution is -0.109. The highest BCUT2D eigenvalue weighted by atomic mass is 16.5. The second-order valence-electron chi connectivity index (χ2n) is 8.05. The number of nitrogens with one attached hydrogen (secondary N) is 1. The molecule has 0 saturated carbocycles. The first-order valence-corrected chi connectivity index (χ1v) is 10.5. The lowest BCUT2D eigenvalue weighted by Crippen LogP contribution is -2.42. The van der Waals surface area contributed by atoms with Gasteiger partial charge in [0.2, 0.25) is 0 Å².